The van der Waals surface area contributed by atoms with Gasteiger partial charge < -0.3 is 15.1 Å². The Kier molecular flexibility index (Phi) is 6.57. The third-order valence-electron chi connectivity index (χ3n) is 5.17. The van der Waals surface area contributed by atoms with Crippen LogP contribution in [0.15, 0.2) is 48.5 Å². The van der Waals surface area contributed by atoms with Gasteiger partial charge in [0.05, 0.1) is 6.04 Å². The van der Waals surface area contributed by atoms with Crippen molar-refractivity contribution < 1.29 is 9.59 Å². The quantitative estimate of drug-likeness (QED) is 0.801. The lowest BCUT2D eigenvalue weighted by molar-refractivity contribution is -0.146. The number of aryl methyl sites for hydroxylation is 1. The minimum Gasteiger partial charge on any atom is -0.368 e. The first kappa shape index (κ1) is 20.2. The minimum absolute atomic E-state index is 0.213. The van der Waals surface area contributed by atoms with E-state index in [2.05, 4.69) is 29.3 Å². The Balaban J connectivity index is 1.53. The van der Waals surface area contributed by atoms with Gasteiger partial charge in [-0.05, 0) is 42.7 Å². The fourth-order valence-electron chi connectivity index (χ4n) is 3.37. The fourth-order valence-corrected chi connectivity index (χ4v) is 3.55. The van der Waals surface area contributed by atoms with Crippen LogP contribution in [0.3, 0.4) is 0 Å². The van der Waals surface area contributed by atoms with Crippen LogP contribution < -0.4 is 10.2 Å². The van der Waals surface area contributed by atoms with Crippen LogP contribution in [-0.2, 0) is 16.0 Å². The van der Waals surface area contributed by atoms with Crippen molar-refractivity contribution in [1.82, 2.24) is 10.2 Å². The van der Waals surface area contributed by atoms with Gasteiger partial charge in [-0.15, -0.1) is 0 Å². The predicted octanol–water partition coefficient (Wildman–Crippen LogP) is 3.43. The molecule has 0 spiro atoms. The van der Waals surface area contributed by atoms with Crippen LogP contribution in [0.25, 0.3) is 0 Å². The second-order valence-electron chi connectivity index (χ2n) is 7.05. The Labute approximate surface area is 171 Å². The summed E-state index contributed by atoms with van der Waals surface area (Å²) in [6.45, 7) is 6.37. The van der Waals surface area contributed by atoms with Gasteiger partial charge in [-0.1, -0.05) is 48.9 Å². The number of piperazine rings is 1. The van der Waals surface area contributed by atoms with Crippen molar-refractivity contribution in [3.63, 3.8) is 0 Å². The van der Waals surface area contributed by atoms with Crippen LogP contribution in [0.5, 0.6) is 0 Å². The summed E-state index contributed by atoms with van der Waals surface area (Å²) in [5.74, 6) is -1.02. The Morgan fingerprint density at radius 1 is 1.07 bits per heavy atom. The number of halogens is 1. The highest BCUT2D eigenvalue weighted by molar-refractivity contribution is 6.35. The van der Waals surface area contributed by atoms with E-state index in [4.69, 9.17) is 11.6 Å². The molecule has 1 unspecified atom stereocenters. The Bertz CT molecular complexity index is 830. The summed E-state index contributed by atoms with van der Waals surface area (Å²) in [6.07, 6.45) is 0.973. The van der Waals surface area contributed by atoms with Gasteiger partial charge in [-0.2, -0.15) is 0 Å². The van der Waals surface area contributed by atoms with E-state index in [0.29, 0.717) is 31.2 Å². The first-order chi connectivity index (χ1) is 13.5. The molecule has 28 heavy (non-hydrogen) atoms. The number of benzene rings is 2. The molecule has 1 N–H and O–H groups in total. The number of nitrogens with one attached hydrogen (secondary N) is 1. The van der Waals surface area contributed by atoms with Gasteiger partial charge in [0.15, 0.2) is 0 Å². The standard InChI is InChI=1S/C22H26ClN3O2/c1-3-17-7-9-18(10-8-17)16(2)24-21(27)22(28)26-13-11-25(12-14-26)20-6-4-5-19(23)15-20/h4-10,15-16H,3,11-14H2,1-2H3,(H,24,27). The molecule has 0 aliphatic carbocycles. The van der Waals surface area contributed by atoms with E-state index in [0.717, 1.165) is 17.7 Å². The van der Waals surface area contributed by atoms with Gasteiger partial charge in [0, 0.05) is 36.9 Å². The molecule has 1 fully saturated rings. The number of hydrogen-bond acceptors (Lipinski definition) is 3. The van der Waals surface area contributed by atoms with Crippen LogP contribution in [-0.4, -0.2) is 42.9 Å². The molecule has 1 aliphatic rings. The normalized spacial score (nSPS) is 15.2. The molecule has 148 valence electrons. The Morgan fingerprint density at radius 3 is 2.36 bits per heavy atom. The van der Waals surface area contributed by atoms with Crippen LogP contribution in [0.2, 0.25) is 5.02 Å². The summed E-state index contributed by atoms with van der Waals surface area (Å²) in [5, 5.41) is 3.51. The number of nitrogens with zero attached hydrogens (tertiary/aromatic N) is 2. The molecule has 2 amide bonds. The number of amides is 2. The Hall–Kier alpha value is -2.53. The molecule has 1 aliphatic heterocycles. The molecule has 1 atom stereocenters. The summed E-state index contributed by atoms with van der Waals surface area (Å²) in [6, 6.07) is 15.6. The number of anilines is 1. The molecule has 2 aromatic rings. The smallest absolute Gasteiger partial charge is 0.312 e. The lowest BCUT2D eigenvalue weighted by atomic mass is 10.0. The summed E-state index contributed by atoms with van der Waals surface area (Å²) >= 11 is 6.06. The molecular weight excluding hydrogens is 374 g/mol. The lowest BCUT2D eigenvalue weighted by Gasteiger charge is -2.36. The maximum absolute atomic E-state index is 12.5. The van der Waals surface area contributed by atoms with Gasteiger partial charge in [-0.3, -0.25) is 9.59 Å². The average Bonchev–Trinajstić information content (AvgIpc) is 2.73. The zero-order chi connectivity index (χ0) is 20.1. The van der Waals surface area contributed by atoms with Crippen molar-refractivity contribution in [2.24, 2.45) is 0 Å². The molecule has 5 nitrogen and oxygen atoms in total. The van der Waals surface area contributed by atoms with Crippen molar-refractivity contribution in [3.8, 4) is 0 Å². The molecule has 6 heteroatoms. The van der Waals surface area contributed by atoms with Gasteiger partial charge in [0.1, 0.15) is 0 Å². The fraction of sp³-hybridized carbons (Fsp3) is 0.364. The number of carbonyl (C=O) groups excluding carboxylic acids is 2. The van der Waals surface area contributed by atoms with Gasteiger partial charge in [0.2, 0.25) is 0 Å². The molecule has 1 heterocycles. The number of hydrogen-bond donors (Lipinski definition) is 1. The molecule has 0 aromatic heterocycles. The maximum atomic E-state index is 12.5. The lowest BCUT2D eigenvalue weighted by Crippen LogP contribution is -2.52. The van der Waals surface area contributed by atoms with E-state index in [1.54, 1.807) is 4.90 Å². The summed E-state index contributed by atoms with van der Waals surface area (Å²) < 4.78 is 0. The predicted molar refractivity (Wildman–Crippen MR) is 113 cm³/mol. The second kappa shape index (κ2) is 9.11. The highest BCUT2D eigenvalue weighted by Gasteiger charge is 2.27. The van der Waals surface area contributed by atoms with Crippen molar-refractivity contribution >= 4 is 29.1 Å². The van der Waals surface area contributed by atoms with Crippen LogP contribution >= 0.6 is 11.6 Å². The maximum Gasteiger partial charge on any atom is 0.312 e. The molecule has 0 saturated carbocycles. The number of rotatable bonds is 4. The van der Waals surface area contributed by atoms with E-state index in [-0.39, 0.29) is 6.04 Å². The van der Waals surface area contributed by atoms with E-state index in [1.807, 2.05) is 43.3 Å². The van der Waals surface area contributed by atoms with Crippen molar-refractivity contribution in [3.05, 3.63) is 64.7 Å². The molecule has 2 aromatic carbocycles. The number of carbonyl (C=O) groups is 2. The zero-order valence-electron chi connectivity index (χ0n) is 16.3. The largest absolute Gasteiger partial charge is 0.368 e. The van der Waals surface area contributed by atoms with Gasteiger partial charge in [-0.25, -0.2) is 0 Å². The summed E-state index contributed by atoms with van der Waals surface area (Å²) in [5.41, 5.74) is 3.27. The monoisotopic (exact) mass is 399 g/mol. The molecular formula is C22H26ClN3O2. The van der Waals surface area contributed by atoms with E-state index < -0.39 is 11.8 Å². The second-order valence-corrected chi connectivity index (χ2v) is 7.49. The highest BCUT2D eigenvalue weighted by Crippen LogP contribution is 2.21. The highest BCUT2D eigenvalue weighted by atomic mass is 35.5. The van der Waals surface area contributed by atoms with E-state index in [1.165, 1.54) is 5.56 Å². The third kappa shape index (κ3) is 4.84. The minimum atomic E-state index is -0.553. The van der Waals surface area contributed by atoms with Gasteiger partial charge >= 0.3 is 11.8 Å². The van der Waals surface area contributed by atoms with Crippen LogP contribution in [0.4, 0.5) is 5.69 Å². The zero-order valence-corrected chi connectivity index (χ0v) is 17.1. The van der Waals surface area contributed by atoms with Gasteiger partial charge in [0.25, 0.3) is 0 Å². The Morgan fingerprint density at radius 2 is 1.75 bits per heavy atom. The van der Waals surface area contributed by atoms with Crippen LogP contribution in [0, 0.1) is 0 Å². The molecule has 3 rings (SSSR count). The SMILES string of the molecule is CCc1ccc(C(C)NC(=O)C(=O)N2CCN(c3cccc(Cl)c3)CC2)cc1. The van der Waals surface area contributed by atoms with E-state index in [9.17, 15) is 9.59 Å². The van der Waals surface area contributed by atoms with E-state index >= 15 is 0 Å². The summed E-state index contributed by atoms with van der Waals surface area (Å²) in [4.78, 5) is 28.7. The molecule has 1 saturated heterocycles. The summed E-state index contributed by atoms with van der Waals surface area (Å²) in [7, 11) is 0. The average molecular weight is 400 g/mol. The first-order valence-corrected chi connectivity index (χ1v) is 10.0. The third-order valence-corrected chi connectivity index (χ3v) is 5.41. The topological polar surface area (TPSA) is 52.7 Å². The van der Waals surface area contributed by atoms with Crippen molar-refractivity contribution in [2.75, 3.05) is 31.1 Å². The molecule has 0 radical (unpaired) electrons. The van der Waals surface area contributed by atoms with Crippen molar-refractivity contribution in [1.29, 1.82) is 0 Å². The first-order valence-electron chi connectivity index (χ1n) is 9.67. The van der Waals surface area contributed by atoms with Crippen molar-refractivity contribution in [2.45, 2.75) is 26.3 Å². The molecule has 0 bridgehead atoms. The van der Waals surface area contributed by atoms with Crippen LogP contribution in [0.1, 0.15) is 31.0 Å².